The highest BCUT2D eigenvalue weighted by Gasteiger charge is 2.26. The van der Waals surface area contributed by atoms with Crippen molar-refractivity contribution in [3.63, 3.8) is 0 Å². The second-order valence-electron chi connectivity index (χ2n) is 7.10. The van der Waals surface area contributed by atoms with Gasteiger partial charge in [0, 0.05) is 24.5 Å². The van der Waals surface area contributed by atoms with Crippen molar-refractivity contribution in [2.24, 2.45) is 0 Å². The van der Waals surface area contributed by atoms with Gasteiger partial charge in [0.05, 0.1) is 10.9 Å². The summed E-state index contributed by atoms with van der Waals surface area (Å²) in [6, 6.07) is 14.2. The molecule has 0 saturated carbocycles. The molecule has 2 aromatic rings. The van der Waals surface area contributed by atoms with Gasteiger partial charge in [0.15, 0.2) is 0 Å². The number of hydrogen-bond donors (Lipinski definition) is 1. The summed E-state index contributed by atoms with van der Waals surface area (Å²) in [4.78, 5) is 12.5. The molecule has 2 aromatic carbocycles. The van der Waals surface area contributed by atoms with Crippen LogP contribution < -0.4 is 5.32 Å². The Morgan fingerprint density at radius 3 is 2.29 bits per heavy atom. The number of aryl methyl sites for hydroxylation is 1. The Hall–Kier alpha value is -1.89. The van der Waals surface area contributed by atoms with Crippen LogP contribution in [0, 0.1) is 0 Å². The van der Waals surface area contributed by atoms with Crippen LogP contribution in [0.25, 0.3) is 0 Å². The van der Waals surface area contributed by atoms with E-state index in [1.54, 1.807) is 36.4 Å². The third-order valence-electron chi connectivity index (χ3n) is 5.01. The SMILES string of the molecule is C[C@H](NC(=O)CCc1ccc(S(=O)(=O)N2CCCC2)cc1)c1ccc(Cl)cc1. The molecule has 0 aromatic heterocycles. The Kier molecular flexibility index (Phi) is 6.75. The fraction of sp³-hybridized carbons (Fsp3) is 0.381. The molecule has 1 atom stereocenters. The molecule has 1 saturated heterocycles. The molecule has 28 heavy (non-hydrogen) atoms. The summed E-state index contributed by atoms with van der Waals surface area (Å²) >= 11 is 5.89. The van der Waals surface area contributed by atoms with E-state index in [9.17, 15) is 13.2 Å². The average molecular weight is 421 g/mol. The van der Waals surface area contributed by atoms with Crippen molar-refractivity contribution in [3.8, 4) is 0 Å². The number of amides is 1. The number of carbonyl (C=O) groups is 1. The van der Waals surface area contributed by atoms with E-state index in [1.165, 1.54) is 4.31 Å². The normalized spacial score (nSPS) is 16.1. The van der Waals surface area contributed by atoms with Gasteiger partial charge in [-0.15, -0.1) is 0 Å². The molecular weight excluding hydrogens is 396 g/mol. The van der Waals surface area contributed by atoms with Gasteiger partial charge in [0.2, 0.25) is 15.9 Å². The van der Waals surface area contributed by atoms with E-state index in [1.807, 2.05) is 19.1 Å². The molecule has 150 valence electrons. The van der Waals surface area contributed by atoms with Gasteiger partial charge in [-0.05, 0) is 61.6 Å². The molecule has 1 aliphatic rings. The largest absolute Gasteiger partial charge is 0.350 e. The molecule has 0 spiro atoms. The molecule has 7 heteroatoms. The smallest absolute Gasteiger partial charge is 0.243 e. The Morgan fingerprint density at radius 2 is 1.68 bits per heavy atom. The van der Waals surface area contributed by atoms with Gasteiger partial charge >= 0.3 is 0 Å². The van der Waals surface area contributed by atoms with Gasteiger partial charge < -0.3 is 5.32 Å². The molecule has 0 aliphatic carbocycles. The molecule has 0 bridgehead atoms. The number of nitrogens with one attached hydrogen (secondary N) is 1. The summed E-state index contributed by atoms with van der Waals surface area (Å²) in [7, 11) is -3.39. The molecule has 1 amide bonds. The number of rotatable bonds is 7. The summed E-state index contributed by atoms with van der Waals surface area (Å²) in [5.74, 6) is -0.0452. The van der Waals surface area contributed by atoms with E-state index in [-0.39, 0.29) is 11.9 Å². The van der Waals surface area contributed by atoms with E-state index in [0.29, 0.717) is 35.8 Å². The van der Waals surface area contributed by atoms with Crippen molar-refractivity contribution in [1.29, 1.82) is 0 Å². The summed E-state index contributed by atoms with van der Waals surface area (Å²) in [5, 5.41) is 3.64. The first-order valence-corrected chi connectivity index (χ1v) is 11.3. The van der Waals surface area contributed by atoms with Crippen LogP contribution in [0.1, 0.15) is 43.4 Å². The molecule has 1 N–H and O–H groups in total. The van der Waals surface area contributed by atoms with E-state index in [0.717, 1.165) is 24.0 Å². The molecule has 1 heterocycles. The maximum absolute atomic E-state index is 12.5. The minimum absolute atomic E-state index is 0.0452. The second kappa shape index (κ2) is 9.07. The fourth-order valence-corrected chi connectivity index (χ4v) is 4.96. The first kappa shape index (κ1) is 20.8. The molecule has 1 fully saturated rings. The lowest BCUT2D eigenvalue weighted by Gasteiger charge is -2.16. The van der Waals surface area contributed by atoms with Crippen LogP contribution >= 0.6 is 11.6 Å². The first-order valence-electron chi connectivity index (χ1n) is 9.50. The Balaban J connectivity index is 1.53. The predicted molar refractivity (Wildman–Crippen MR) is 111 cm³/mol. The first-order chi connectivity index (χ1) is 13.4. The van der Waals surface area contributed by atoms with Crippen LogP contribution in [0.2, 0.25) is 5.02 Å². The second-order valence-corrected chi connectivity index (χ2v) is 9.47. The zero-order valence-electron chi connectivity index (χ0n) is 15.9. The minimum Gasteiger partial charge on any atom is -0.350 e. The lowest BCUT2D eigenvalue weighted by atomic mass is 10.1. The van der Waals surface area contributed by atoms with Gasteiger partial charge in [-0.1, -0.05) is 35.9 Å². The topological polar surface area (TPSA) is 66.5 Å². The van der Waals surface area contributed by atoms with Crippen LogP contribution in [0.3, 0.4) is 0 Å². The zero-order chi connectivity index (χ0) is 20.1. The summed E-state index contributed by atoms with van der Waals surface area (Å²) in [5.41, 5.74) is 1.93. The van der Waals surface area contributed by atoms with Crippen LogP contribution in [0.5, 0.6) is 0 Å². The van der Waals surface area contributed by atoms with Crippen molar-refractivity contribution in [2.75, 3.05) is 13.1 Å². The highest BCUT2D eigenvalue weighted by atomic mass is 35.5. The summed E-state index contributed by atoms with van der Waals surface area (Å²) in [6.45, 7) is 3.12. The minimum atomic E-state index is -3.39. The maximum Gasteiger partial charge on any atom is 0.243 e. The molecule has 1 aliphatic heterocycles. The Labute approximate surface area is 171 Å². The predicted octanol–water partition coefficient (Wildman–Crippen LogP) is 3.93. The third kappa shape index (κ3) is 5.13. The van der Waals surface area contributed by atoms with E-state index in [2.05, 4.69) is 5.32 Å². The van der Waals surface area contributed by atoms with Crippen LogP contribution in [-0.4, -0.2) is 31.7 Å². The summed E-state index contributed by atoms with van der Waals surface area (Å²) < 4.78 is 26.6. The van der Waals surface area contributed by atoms with Crippen molar-refractivity contribution >= 4 is 27.5 Å². The molecular formula is C21H25ClN2O3S. The van der Waals surface area contributed by atoms with Gasteiger partial charge in [-0.25, -0.2) is 8.42 Å². The Morgan fingerprint density at radius 1 is 1.07 bits per heavy atom. The third-order valence-corrected chi connectivity index (χ3v) is 7.18. The number of nitrogens with zero attached hydrogens (tertiary/aromatic N) is 1. The number of halogens is 1. The van der Waals surface area contributed by atoms with E-state index >= 15 is 0 Å². The number of hydrogen-bond acceptors (Lipinski definition) is 3. The molecule has 0 radical (unpaired) electrons. The van der Waals surface area contributed by atoms with Gasteiger partial charge in [-0.2, -0.15) is 4.31 Å². The number of carbonyl (C=O) groups excluding carboxylic acids is 1. The van der Waals surface area contributed by atoms with E-state index in [4.69, 9.17) is 11.6 Å². The molecule has 0 unspecified atom stereocenters. The quantitative estimate of drug-likeness (QED) is 0.737. The van der Waals surface area contributed by atoms with Gasteiger partial charge in [-0.3, -0.25) is 4.79 Å². The van der Waals surface area contributed by atoms with Gasteiger partial charge in [0.25, 0.3) is 0 Å². The van der Waals surface area contributed by atoms with Crippen LogP contribution in [0.4, 0.5) is 0 Å². The van der Waals surface area contributed by atoms with Crippen molar-refractivity contribution < 1.29 is 13.2 Å². The van der Waals surface area contributed by atoms with Crippen molar-refractivity contribution in [1.82, 2.24) is 9.62 Å². The molecule has 5 nitrogen and oxygen atoms in total. The molecule has 3 rings (SSSR count). The van der Waals surface area contributed by atoms with Gasteiger partial charge in [0.1, 0.15) is 0 Å². The lowest BCUT2D eigenvalue weighted by molar-refractivity contribution is -0.121. The average Bonchev–Trinajstić information content (AvgIpc) is 3.23. The van der Waals surface area contributed by atoms with Crippen molar-refractivity contribution in [2.45, 2.75) is 43.5 Å². The van der Waals surface area contributed by atoms with Crippen LogP contribution in [-0.2, 0) is 21.2 Å². The maximum atomic E-state index is 12.5. The zero-order valence-corrected chi connectivity index (χ0v) is 17.5. The monoisotopic (exact) mass is 420 g/mol. The fourth-order valence-electron chi connectivity index (χ4n) is 3.31. The van der Waals surface area contributed by atoms with Crippen molar-refractivity contribution in [3.05, 3.63) is 64.7 Å². The summed E-state index contributed by atoms with van der Waals surface area (Å²) in [6.07, 6.45) is 2.74. The standard InChI is InChI=1S/C21H25ClN2O3S/c1-16(18-7-9-19(22)10-8-18)23-21(25)13-6-17-4-11-20(12-5-17)28(26,27)24-14-2-3-15-24/h4-5,7-12,16H,2-3,6,13-15H2,1H3,(H,23,25)/t16-/m0/s1. The lowest BCUT2D eigenvalue weighted by Crippen LogP contribution is -2.27. The highest BCUT2D eigenvalue weighted by molar-refractivity contribution is 7.89. The number of sulfonamides is 1. The Bertz CT molecular complexity index is 906. The number of benzene rings is 2. The highest BCUT2D eigenvalue weighted by Crippen LogP contribution is 2.21. The van der Waals surface area contributed by atoms with Crippen LogP contribution in [0.15, 0.2) is 53.4 Å². The van der Waals surface area contributed by atoms with E-state index < -0.39 is 10.0 Å².